The number of carbonyl (C=O) groups is 1. The van der Waals surface area contributed by atoms with Crippen LogP contribution in [0, 0.1) is 0 Å². The molecule has 2 heterocycles. The normalized spacial score (nSPS) is 15.9. The number of nitrogens with one attached hydrogen (secondary N) is 2. The highest BCUT2D eigenvalue weighted by Crippen LogP contribution is 2.41. The van der Waals surface area contributed by atoms with Gasteiger partial charge < -0.3 is 15.4 Å². The molecule has 1 aliphatic heterocycles. The summed E-state index contributed by atoms with van der Waals surface area (Å²) in [5, 5.41) is 9.36. The number of rotatable bonds is 3. The van der Waals surface area contributed by atoms with Crippen molar-refractivity contribution < 1.29 is 9.53 Å². The Labute approximate surface area is 158 Å². The number of hydrogen-bond acceptors (Lipinski definition) is 4. The molecule has 6 heteroatoms. The average molecular weight is 415 g/mol. The molecule has 0 spiro atoms. The van der Waals surface area contributed by atoms with Crippen molar-refractivity contribution in [2.24, 2.45) is 0 Å². The van der Waals surface area contributed by atoms with Crippen LogP contribution in [0.15, 0.2) is 58.4 Å². The molecule has 1 aromatic heterocycles. The lowest BCUT2D eigenvalue weighted by atomic mass is 10.0. The van der Waals surface area contributed by atoms with Gasteiger partial charge in [-0.05, 0) is 23.8 Å². The Morgan fingerprint density at radius 2 is 1.92 bits per heavy atom. The highest BCUT2D eigenvalue weighted by molar-refractivity contribution is 9.10. The van der Waals surface area contributed by atoms with Crippen molar-refractivity contribution in [1.82, 2.24) is 5.32 Å². The molecule has 0 bridgehead atoms. The van der Waals surface area contributed by atoms with Gasteiger partial charge in [-0.25, -0.2) is 0 Å². The predicted octanol–water partition coefficient (Wildman–Crippen LogP) is 5.04. The maximum absolute atomic E-state index is 12.8. The van der Waals surface area contributed by atoms with E-state index in [0.29, 0.717) is 5.56 Å². The van der Waals surface area contributed by atoms with Crippen LogP contribution in [0.4, 0.5) is 5.00 Å². The summed E-state index contributed by atoms with van der Waals surface area (Å²) in [7, 11) is 1.63. The Morgan fingerprint density at radius 3 is 2.68 bits per heavy atom. The predicted molar refractivity (Wildman–Crippen MR) is 104 cm³/mol. The smallest absolute Gasteiger partial charge is 0.256 e. The quantitative estimate of drug-likeness (QED) is 0.630. The van der Waals surface area contributed by atoms with Gasteiger partial charge in [-0.3, -0.25) is 4.79 Å². The van der Waals surface area contributed by atoms with Gasteiger partial charge in [0.15, 0.2) is 0 Å². The Morgan fingerprint density at radius 1 is 1.12 bits per heavy atom. The number of thiophene rings is 1. The van der Waals surface area contributed by atoms with Crippen molar-refractivity contribution in [2.75, 3.05) is 12.4 Å². The average Bonchev–Trinajstić information content (AvgIpc) is 3.07. The third kappa shape index (κ3) is 2.92. The summed E-state index contributed by atoms with van der Waals surface area (Å²) in [6, 6.07) is 15.7. The molecule has 1 amide bonds. The summed E-state index contributed by atoms with van der Waals surface area (Å²) in [5.74, 6) is 0.644. The second kappa shape index (κ2) is 6.54. The van der Waals surface area contributed by atoms with Crippen molar-refractivity contribution in [1.29, 1.82) is 0 Å². The van der Waals surface area contributed by atoms with Crippen molar-refractivity contribution in [3.63, 3.8) is 0 Å². The van der Waals surface area contributed by atoms with E-state index in [2.05, 4.69) is 26.6 Å². The topological polar surface area (TPSA) is 50.4 Å². The molecule has 0 saturated heterocycles. The van der Waals surface area contributed by atoms with E-state index in [4.69, 9.17) is 4.74 Å². The maximum atomic E-state index is 12.8. The highest BCUT2D eigenvalue weighted by atomic mass is 79.9. The van der Waals surface area contributed by atoms with E-state index in [0.717, 1.165) is 31.9 Å². The molecular weight excluding hydrogens is 400 g/mol. The van der Waals surface area contributed by atoms with Crippen molar-refractivity contribution in [3.8, 4) is 16.9 Å². The fraction of sp³-hybridized carbons (Fsp3) is 0.105. The number of hydrogen-bond donors (Lipinski definition) is 2. The minimum atomic E-state index is -0.338. The van der Waals surface area contributed by atoms with E-state index in [-0.39, 0.29) is 12.1 Å². The maximum Gasteiger partial charge on any atom is 0.256 e. The SMILES string of the molecule is COc1ccc(Br)cc1C1NC(=O)c2c(-c3ccccc3)csc2N1. The fourth-order valence-corrected chi connectivity index (χ4v) is 4.35. The Bertz CT molecular complexity index is 940. The lowest BCUT2D eigenvalue weighted by Gasteiger charge is -2.28. The first-order valence-electron chi connectivity index (χ1n) is 7.75. The van der Waals surface area contributed by atoms with Crippen LogP contribution in [0.5, 0.6) is 5.75 Å². The van der Waals surface area contributed by atoms with E-state index in [9.17, 15) is 4.79 Å². The van der Waals surface area contributed by atoms with E-state index in [1.165, 1.54) is 0 Å². The van der Waals surface area contributed by atoms with Crippen LogP contribution < -0.4 is 15.4 Å². The van der Waals surface area contributed by atoms with Crippen LogP contribution in [-0.2, 0) is 0 Å². The summed E-state index contributed by atoms with van der Waals surface area (Å²) in [4.78, 5) is 12.8. The molecule has 0 radical (unpaired) electrons. The molecular formula is C19H15BrN2O2S. The number of amides is 1. The van der Waals surface area contributed by atoms with Crippen molar-refractivity contribution >= 4 is 38.2 Å². The van der Waals surface area contributed by atoms with Crippen LogP contribution in [0.3, 0.4) is 0 Å². The van der Waals surface area contributed by atoms with Gasteiger partial charge in [-0.1, -0.05) is 46.3 Å². The van der Waals surface area contributed by atoms with Gasteiger partial charge in [-0.2, -0.15) is 0 Å². The molecule has 2 aromatic carbocycles. The second-order valence-corrected chi connectivity index (χ2v) is 7.45. The van der Waals surface area contributed by atoms with E-state index in [1.54, 1.807) is 18.4 Å². The van der Waals surface area contributed by atoms with Crippen LogP contribution in [0.25, 0.3) is 11.1 Å². The second-order valence-electron chi connectivity index (χ2n) is 5.66. The van der Waals surface area contributed by atoms with Gasteiger partial charge in [0.2, 0.25) is 0 Å². The van der Waals surface area contributed by atoms with E-state index >= 15 is 0 Å². The molecule has 2 N–H and O–H groups in total. The van der Waals surface area contributed by atoms with Gasteiger partial charge in [-0.15, -0.1) is 11.3 Å². The number of methoxy groups -OCH3 is 1. The molecule has 1 aliphatic rings. The highest BCUT2D eigenvalue weighted by Gasteiger charge is 2.30. The van der Waals surface area contributed by atoms with Crippen molar-refractivity contribution in [2.45, 2.75) is 6.17 Å². The standard InChI is InChI=1S/C19H15BrN2O2S/c1-24-15-8-7-12(20)9-13(15)17-21-18(23)16-14(10-25-19(16)22-17)11-5-3-2-4-6-11/h2-10,17,22H,1H3,(H,21,23). The molecule has 0 aliphatic carbocycles. The number of carbonyl (C=O) groups excluding carboxylic acids is 1. The third-order valence-corrected chi connectivity index (χ3v) is 5.56. The monoisotopic (exact) mass is 414 g/mol. The molecule has 4 nitrogen and oxygen atoms in total. The summed E-state index contributed by atoms with van der Waals surface area (Å²) < 4.78 is 6.37. The van der Waals surface area contributed by atoms with Gasteiger partial charge in [0.25, 0.3) is 5.91 Å². The van der Waals surface area contributed by atoms with Gasteiger partial charge in [0.05, 0.1) is 12.7 Å². The molecule has 4 rings (SSSR count). The number of benzene rings is 2. The summed E-state index contributed by atoms with van der Waals surface area (Å²) in [6.07, 6.45) is -0.338. The fourth-order valence-electron chi connectivity index (χ4n) is 2.98. The summed E-state index contributed by atoms with van der Waals surface area (Å²) in [5.41, 5.74) is 3.56. The summed E-state index contributed by atoms with van der Waals surface area (Å²) in [6.45, 7) is 0. The Kier molecular flexibility index (Phi) is 4.23. The zero-order chi connectivity index (χ0) is 17.4. The molecule has 25 heavy (non-hydrogen) atoms. The van der Waals surface area contributed by atoms with Gasteiger partial charge in [0, 0.05) is 21.0 Å². The minimum Gasteiger partial charge on any atom is -0.496 e. The van der Waals surface area contributed by atoms with E-state index < -0.39 is 0 Å². The number of halogens is 1. The number of fused-ring (bicyclic) bond motifs is 1. The van der Waals surface area contributed by atoms with E-state index in [1.807, 2.05) is 53.9 Å². The third-order valence-electron chi connectivity index (χ3n) is 4.16. The molecule has 1 unspecified atom stereocenters. The van der Waals surface area contributed by atoms with Crippen LogP contribution in [0.1, 0.15) is 22.1 Å². The van der Waals surface area contributed by atoms with Gasteiger partial charge >= 0.3 is 0 Å². The van der Waals surface area contributed by atoms with Crippen molar-refractivity contribution in [3.05, 3.63) is 69.5 Å². The zero-order valence-electron chi connectivity index (χ0n) is 13.4. The lowest BCUT2D eigenvalue weighted by molar-refractivity contribution is 0.0936. The van der Waals surface area contributed by atoms with Crippen LogP contribution in [0.2, 0.25) is 0 Å². The van der Waals surface area contributed by atoms with Gasteiger partial charge in [0.1, 0.15) is 16.9 Å². The molecule has 3 aromatic rings. The minimum absolute atomic E-state index is 0.0825. The number of anilines is 1. The molecule has 0 saturated carbocycles. The molecule has 0 fully saturated rings. The van der Waals surface area contributed by atoms with Crippen LogP contribution in [-0.4, -0.2) is 13.0 Å². The molecule has 1 atom stereocenters. The number of ether oxygens (including phenoxy) is 1. The largest absolute Gasteiger partial charge is 0.496 e. The Balaban J connectivity index is 1.73. The van der Waals surface area contributed by atoms with Crippen LogP contribution >= 0.6 is 27.3 Å². The summed E-state index contributed by atoms with van der Waals surface area (Å²) >= 11 is 5.02. The first-order chi connectivity index (χ1) is 12.2. The lowest BCUT2D eigenvalue weighted by Crippen LogP contribution is -2.38. The first-order valence-corrected chi connectivity index (χ1v) is 9.42. The Hall–Kier alpha value is -2.31. The molecule has 126 valence electrons. The zero-order valence-corrected chi connectivity index (χ0v) is 15.8. The first kappa shape index (κ1) is 16.2.